The van der Waals surface area contributed by atoms with Gasteiger partial charge in [0.05, 0.1) is 18.4 Å². The summed E-state index contributed by atoms with van der Waals surface area (Å²) in [7, 11) is 1.64. The Labute approximate surface area is 224 Å². The van der Waals surface area contributed by atoms with Crippen molar-refractivity contribution < 1.29 is 9.53 Å². The summed E-state index contributed by atoms with van der Waals surface area (Å²) in [5.74, 6) is 0.532. The lowest BCUT2D eigenvalue weighted by Gasteiger charge is -2.20. The van der Waals surface area contributed by atoms with Crippen molar-refractivity contribution in [2.75, 3.05) is 17.7 Å². The zero-order valence-electron chi connectivity index (χ0n) is 20.1. The van der Waals surface area contributed by atoms with Gasteiger partial charge in [0.25, 0.3) is 5.91 Å². The van der Waals surface area contributed by atoms with Crippen LogP contribution in [0.4, 0.5) is 11.4 Å². The molecule has 2 N–H and O–H groups in total. The Hall–Kier alpha value is -4.13. The number of carbonyl (C=O) groups excluding carboxylic acids is 1. The zero-order chi connectivity index (χ0) is 25.6. The molecule has 5 rings (SSSR count). The molecule has 0 saturated heterocycles. The number of amides is 1. The number of methoxy groups -OCH3 is 1. The molecule has 37 heavy (non-hydrogen) atoms. The number of carbonyl (C=O) groups is 1. The molecule has 3 aromatic carbocycles. The van der Waals surface area contributed by atoms with E-state index in [1.807, 2.05) is 47.8 Å². The fourth-order valence-corrected chi connectivity index (χ4v) is 4.89. The summed E-state index contributed by atoms with van der Waals surface area (Å²) in [5, 5.41) is 11.4. The van der Waals surface area contributed by atoms with Gasteiger partial charge in [-0.1, -0.05) is 35.9 Å². The third-order valence-corrected chi connectivity index (χ3v) is 6.92. The van der Waals surface area contributed by atoms with Crippen molar-refractivity contribution in [3.05, 3.63) is 118 Å². The molecule has 7 heteroatoms. The van der Waals surface area contributed by atoms with Crippen LogP contribution in [0.5, 0.6) is 5.75 Å². The SMILES string of the molecule is COc1ccc(-c2ccc(-c3ccsc3)c(NCc3ccncc3)c2C(=O)Nc2ccc(Cl)cc2)cc1. The molecule has 0 atom stereocenters. The van der Waals surface area contributed by atoms with E-state index in [1.165, 1.54) is 0 Å². The van der Waals surface area contributed by atoms with Gasteiger partial charge in [-0.3, -0.25) is 9.78 Å². The van der Waals surface area contributed by atoms with Gasteiger partial charge in [-0.15, -0.1) is 0 Å². The Balaban J connectivity index is 1.65. The second-order valence-electron chi connectivity index (χ2n) is 8.32. The van der Waals surface area contributed by atoms with Crippen LogP contribution < -0.4 is 15.4 Å². The summed E-state index contributed by atoms with van der Waals surface area (Å²) in [6.45, 7) is 0.535. The van der Waals surface area contributed by atoms with Crippen LogP contribution in [0.15, 0.2) is 102 Å². The number of ether oxygens (including phenoxy) is 1. The van der Waals surface area contributed by atoms with Crippen LogP contribution in [0.25, 0.3) is 22.3 Å². The number of thiophene rings is 1. The molecule has 2 heterocycles. The number of hydrogen-bond acceptors (Lipinski definition) is 5. The van der Waals surface area contributed by atoms with Crippen LogP contribution in [0.1, 0.15) is 15.9 Å². The number of aromatic nitrogens is 1. The quantitative estimate of drug-likeness (QED) is 0.215. The molecule has 0 saturated carbocycles. The summed E-state index contributed by atoms with van der Waals surface area (Å²) < 4.78 is 5.34. The van der Waals surface area contributed by atoms with Crippen LogP contribution >= 0.6 is 22.9 Å². The first-order chi connectivity index (χ1) is 18.1. The van der Waals surface area contributed by atoms with Crippen LogP contribution in [-0.2, 0) is 6.54 Å². The zero-order valence-corrected chi connectivity index (χ0v) is 21.6. The number of anilines is 2. The Morgan fingerprint density at radius 1 is 0.892 bits per heavy atom. The van der Waals surface area contributed by atoms with Crippen LogP contribution in [0.3, 0.4) is 0 Å². The average Bonchev–Trinajstić information content (AvgIpc) is 3.48. The van der Waals surface area contributed by atoms with E-state index in [0.717, 1.165) is 39.3 Å². The second-order valence-corrected chi connectivity index (χ2v) is 9.54. The topological polar surface area (TPSA) is 63.2 Å². The molecule has 0 unspecified atom stereocenters. The minimum atomic E-state index is -0.220. The van der Waals surface area contributed by atoms with Crippen LogP contribution in [0, 0.1) is 0 Å². The van der Waals surface area contributed by atoms with E-state index in [2.05, 4.69) is 33.1 Å². The average molecular weight is 526 g/mol. The molecule has 0 bridgehead atoms. The molecule has 184 valence electrons. The molecule has 0 aliphatic carbocycles. The lowest BCUT2D eigenvalue weighted by molar-refractivity contribution is 0.102. The second kappa shape index (κ2) is 11.3. The van der Waals surface area contributed by atoms with E-state index in [9.17, 15) is 4.79 Å². The molecular formula is C30H24ClN3O2S. The first-order valence-electron chi connectivity index (χ1n) is 11.7. The van der Waals surface area contributed by atoms with E-state index >= 15 is 0 Å². The highest BCUT2D eigenvalue weighted by atomic mass is 35.5. The maximum Gasteiger partial charge on any atom is 0.258 e. The summed E-state index contributed by atoms with van der Waals surface area (Å²) in [4.78, 5) is 18.1. The maximum atomic E-state index is 14.0. The minimum absolute atomic E-state index is 0.220. The molecule has 0 aliphatic rings. The lowest BCUT2D eigenvalue weighted by Crippen LogP contribution is -2.17. The van der Waals surface area contributed by atoms with E-state index in [4.69, 9.17) is 16.3 Å². The number of benzene rings is 3. The third-order valence-electron chi connectivity index (χ3n) is 5.99. The minimum Gasteiger partial charge on any atom is -0.497 e. The monoisotopic (exact) mass is 525 g/mol. The van der Waals surface area contributed by atoms with Gasteiger partial charge in [0, 0.05) is 35.2 Å². The highest BCUT2D eigenvalue weighted by Crippen LogP contribution is 2.39. The summed E-state index contributed by atoms with van der Waals surface area (Å²) >= 11 is 7.68. The predicted octanol–water partition coefficient (Wildman–Crippen LogP) is 8.00. The molecule has 0 aliphatic heterocycles. The molecular weight excluding hydrogens is 502 g/mol. The van der Waals surface area contributed by atoms with Gasteiger partial charge >= 0.3 is 0 Å². The van der Waals surface area contributed by atoms with Gasteiger partial charge in [-0.05, 0) is 87.6 Å². The number of rotatable bonds is 8. The molecule has 0 spiro atoms. The Kier molecular flexibility index (Phi) is 7.49. The van der Waals surface area contributed by atoms with Gasteiger partial charge < -0.3 is 15.4 Å². The van der Waals surface area contributed by atoms with Crippen molar-refractivity contribution in [2.45, 2.75) is 6.54 Å². The van der Waals surface area contributed by atoms with Gasteiger partial charge in [0.2, 0.25) is 0 Å². The first-order valence-corrected chi connectivity index (χ1v) is 13.0. The van der Waals surface area contributed by atoms with Gasteiger partial charge in [-0.25, -0.2) is 0 Å². The van der Waals surface area contributed by atoms with Crippen molar-refractivity contribution >= 4 is 40.2 Å². The molecule has 5 nitrogen and oxygen atoms in total. The van der Waals surface area contributed by atoms with E-state index < -0.39 is 0 Å². The van der Waals surface area contributed by atoms with Crippen LogP contribution in [-0.4, -0.2) is 18.0 Å². The molecule has 1 amide bonds. The number of halogens is 1. The van der Waals surface area contributed by atoms with Gasteiger partial charge in [0.15, 0.2) is 0 Å². The molecule has 0 fully saturated rings. The Morgan fingerprint density at radius 2 is 1.62 bits per heavy atom. The number of hydrogen-bond donors (Lipinski definition) is 2. The molecule has 0 radical (unpaired) electrons. The summed E-state index contributed by atoms with van der Waals surface area (Å²) in [6, 6.07) is 24.9. The fraction of sp³-hybridized carbons (Fsp3) is 0.0667. The predicted molar refractivity (Wildman–Crippen MR) is 153 cm³/mol. The highest BCUT2D eigenvalue weighted by Gasteiger charge is 2.22. The van der Waals surface area contributed by atoms with Crippen molar-refractivity contribution in [1.29, 1.82) is 0 Å². The fourth-order valence-electron chi connectivity index (χ4n) is 4.11. The first kappa shape index (κ1) is 24.6. The molecule has 5 aromatic rings. The van der Waals surface area contributed by atoms with Crippen molar-refractivity contribution in [2.24, 2.45) is 0 Å². The van der Waals surface area contributed by atoms with Crippen molar-refractivity contribution in [1.82, 2.24) is 4.98 Å². The smallest absolute Gasteiger partial charge is 0.258 e. The number of nitrogens with one attached hydrogen (secondary N) is 2. The largest absolute Gasteiger partial charge is 0.497 e. The van der Waals surface area contributed by atoms with E-state index in [0.29, 0.717) is 22.8 Å². The summed E-state index contributed by atoms with van der Waals surface area (Å²) in [5.41, 5.74) is 6.75. The summed E-state index contributed by atoms with van der Waals surface area (Å²) in [6.07, 6.45) is 3.53. The Morgan fingerprint density at radius 3 is 2.30 bits per heavy atom. The standard InChI is InChI=1S/C30H24ClN3O2S/c1-36-25-8-2-21(3-9-25)26-10-11-27(22-14-17-37-19-22)29(33-18-20-12-15-32-16-13-20)28(26)30(35)34-24-6-4-23(31)5-7-24/h2-17,19,33H,18H2,1H3,(H,34,35). The maximum absolute atomic E-state index is 14.0. The van der Waals surface area contributed by atoms with Crippen molar-refractivity contribution in [3.63, 3.8) is 0 Å². The van der Waals surface area contributed by atoms with Crippen molar-refractivity contribution in [3.8, 4) is 28.0 Å². The number of pyridine rings is 1. The van der Waals surface area contributed by atoms with Crippen LogP contribution in [0.2, 0.25) is 5.02 Å². The number of nitrogens with zero attached hydrogens (tertiary/aromatic N) is 1. The van der Waals surface area contributed by atoms with Gasteiger partial charge in [-0.2, -0.15) is 11.3 Å². The highest BCUT2D eigenvalue weighted by molar-refractivity contribution is 7.08. The Bertz CT molecular complexity index is 1490. The van der Waals surface area contributed by atoms with E-state index in [-0.39, 0.29) is 5.91 Å². The van der Waals surface area contributed by atoms with Gasteiger partial charge in [0.1, 0.15) is 5.75 Å². The normalized spacial score (nSPS) is 10.6. The molecule has 2 aromatic heterocycles. The third kappa shape index (κ3) is 5.66. The lowest BCUT2D eigenvalue weighted by atomic mass is 9.92. The van der Waals surface area contributed by atoms with E-state index in [1.54, 1.807) is 55.1 Å².